The van der Waals surface area contributed by atoms with Gasteiger partial charge in [0.1, 0.15) is 22.4 Å². The second-order valence-electron chi connectivity index (χ2n) is 6.50. The Kier molecular flexibility index (Phi) is 7.89. The van der Waals surface area contributed by atoms with E-state index in [1.165, 1.54) is 7.11 Å². The fourth-order valence-corrected chi connectivity index (χ4v) is 3.90. The fraction of sp³-hybridized carbons (Fsp3) is 0.167. The van der Waals surface area contributed by atoms with Gasteiger partial charge >= 0.3 is 5.97 Å². The highest BCUT2D eigenvalue weighted by molar-refractivity contribution is 8.18. The monoisotopic (exact) mass is 464 g/mol. The molecule has 8 nitrogen and oxygen atoms in total. The molecule has 2 aromatic rings. The van der Waals surface area contributed by atoms with E-state index in [1.54, 1.807) is 61.5 Å². The summed E-state index contributed by atoms with van der Waals surface area (Å²) in [5.74, 6) is -0.868. The van der Waals surface area contributed by atoms with Crippen LogP contribution in [0.25, 0.3) is 6.08 Å². The maximum atomic E-state index is 12.6. The van der Waals surface area contributed by atoms with Crippen LogP contribution in [0.1, 0.15) is 22.8 Å². The molecule has 0 aromatic heterocycles. The minimum Gasteiger partial charge on any atom is -0.506 e. The number of methoxy groups -OCH3 is 1. The Morgan fingerprint density at radius 3 is 2.61 bits per heavy atom. The summed E-state index contributed by atoms with van der Waals surface area (Å²) in [6, 6.07) is 15.3. The molecule has 1 aliphatic rings. The molecule has 0 aliphatic carbocycles. The molecule has 0 unspecified atom stereocenters. The SMILES string of the molecule is CCOC(=O)C1=C(O)/C(=C/c2ccc(OCC#N)c(OC)c2)SC1=NC(=O)c1ccccc1. The number of aliphatic imine (C=N–C) groups is 1. The van der Waals surface area contributed by atoms with Crippen LogP contribution < -0.4 is 9.47 Å². The van der Waals surface area contributed by atoms with E-state index in [2.05, 4.69) is 4.99 Å². The molecule has 0 saturated heterocycles. The minimum absolute atomic E-state index is 0.0481. The van der Waals surface area contributed by atoms with Crippen LogP contribution in [0.5, 0.6) is 11.5 Å². The van der Waals surface area contributed by atoms with E-state index in [0.29, 0.717) is 27.5 Å². The Morgan fingerprint density at radius 1 is 1.18 bits per heavy atom. The molecule has 1 heterocycles. The number of hydrogen-bond acceptors (Lipinski definition) is 8. The van der Waals surface area contributed by atoms with Crippen molar-refractivity contribution in [2.45, 2.75) is 6.92 Å². The second-order valence-corrected chi connectivity index (χ2v) is 7.53. The van der Waals surface area contributed by atoms with Gasteiger partial charge in [0, 0.05) is 5.56 Å². The molecule has 3 rings (SSSR count). The summed E-state index contributed by atoms with van der Waals surface area (Å²) in [5.41, 5.74) is 0.811. The summed E-state index contributed by atoms with van der Waals surface area (Å²) in [6.07, 6.45) is 1.62. The third-order valence-electron chi connectivity index (χ3n) is 4.37. The van der Waals surface area contributed by atoms with Crippen LogP contribution in [0.2, 0.25) is 0 Å². The van der Waals surface area contributed by atoms with Gasteiger partial charge in [-0.1, -0.05) is 36.0 Å². The number of carbonyl (C=O) groups is 2. The maximum absolute atomic E-state index is 12.6. The average molecular weight is 464 g/mol. The summed E-state index contributed by atoms with van der Waals surface area (Å²) in [7, 11) is 1.46. The van der Waals surface area contributed by atoms with Gasteiger partial charge in [0.25, 0.3) is 5.91 Å². The van der Waals surface area contributed by atoms with Crippen LogP contribution in [0.3, 0.4) is 0 Å². The summed E-state index contributed by atoms with van der Waals surface area (Å²) in [4.78, 5) is 29.4. The van der Waals surface area contributed by atoms with Crippen LogP contribution in [-0.2, 0) is 9.53 Å². The van der Waals surface area contributed by atoms with Crippen molar-refractivity contribution >= 4 is 34.8 Å². The van der Waals surface area contributed by atoms with Crippen LogP contribution in [0.15, 0.2) is 69.8 Å². The first-order chi connectivity index (χ1) is 16.0. The molecule has 0 fully saturated rings. The van der Waals surface area contributed by atoms with Crippen molar-refractivity contribution in [3.05, 3.63) is 75.9 Å². The lowest BCUT2D eigenvalue weighted by Gasteiger charge is -2.09. The largest absolute Gasteiger partial charge is 0.506 e. The molecule has 0 spiro atoms. The number of esters is 1. The fourth-order valence-electron chi connectivity index (χ4n) is 2.88. The zero-order valence-corrected chi connectivity index (χ0v) is 18.7. The Balaban J connectivity index is 1.99. The normalized spacial score (nSPS) is 15.4. The highest BCUT2D eigenvalue weighted by atomic mass is 32.2. The number of nitrogens with zero attached hydrogens (tertiary/aromatic N) is 2. The van der Waals surface area contributed by atoms with Gasteiger partial charge in [-0.15, -0.1) is 0 Å². The quantitative estimate of drug-likeness (QED) is 0.603. The number of rotatable bonds is 7. The van der Waals surface area contributed by atoms with Gasteiger partial charge in [-0.05, 0) is 42.8 Å². The molecule has 0 radical (unpaired) electrons. The lowest BCUT2D eigenvalue weighted by atomic mass is 10.1. The second kappa shape index (κ2) is 11.0. The van der Waals surface area contributed by atoms with Crippen LogP contribution in [0.4, 0.5) is 0 Å². The molecular weight excluding hydrogens is 444 g/mol. The Labute approximate surface area is 194 Å². The summed E-state index contributed by atoms with van der Waals surface area (Å²) < 4.78 is 15.7. The average Bonchev–Trinajstić information content (AvgIpc) is 3.13. The van der Waals surface area contributed by atoms with Gasteiger partial charge in [0.05, 0.1) is 18.6 Å². The number of carbonyl (C=O) groups excluding carboxylic acids is 2. The van der Waals surface area contributed by atoms with Crippen molar-refractivity contribution in [3.8, 4) is 17.6 Å². The Hall–Kier alpha value is -4.03. The number of amides is 1. The van der Waals surface area contributed by atoms with Gasteiger partial charge in [0.15, 0.2) is 18.1 Å². The van der Waals surface area contributed by atoms with Crippen molar-refractivity contribution in [2.24, 2.45) is 4.99 Å². The van der Waals surface area contributed by atoms with E-state index in [4.69, 9.17) is 19.5 Å². The van der Waals surface area contributed by atoms with Gasteiger partial charge < -0.3 is 19.3 Å². The Bertz CT molecular complexity index is 1200. The molecule has 1 amide bonds. The third-order valence-corrected chi connectivity index (χ3v) is 5.39. The van der Waals surface area contributed by atoms with Crippen molar-refractivity contribution < 1.29 is 28.9 Å². The summed E-state index contributed by atoms with van der Waals surface area (Å²) in [5, 5.41) is 19.5. The zero-order chi connectivity index (χ0) is 23.8. The lowest BCUT2D eigenvalue weighted by Crippen LogP contribution is -2.14. The summed E-state index contributed by atoms with van der Waals surface area (Å²) >= 11 is 0.981. The smallest absolute Gasteiger partial charge is 0.344 e. The van der Waals surface area contributed by atoms with Crippen molar-refractivity contribution in [3.63, 3.8) is 0 Å². The summed E-state index contributed by atoms with van der Waals surface area (Å²) in [6.45, 7) is 1.61. The van der Waals surface area contributed by atoms with E-state index in [9.17, 15) is 14.7 Å². The van der Waals surface area contributed by atoms with Crippen LogP contribution in [-0.4, -0.2) is 42.4 Å². The van der Waals surface area contributed by atoms with E-state index in [0.717, 1.165) is 11.8 Å². The number of nitriles is 1. The highest BCUT2D eigenvalue weighted by Gasteiger charge is 2.34. The first-order valence-corrected chi connectivity index (χ1v) is 10.7. The zero-order valence-electron chi connectivity index (χ0n) is 17.9. The van der Waals surface area contributed by atoms with E-state index < -0.39 is 11.9 Å². The van der Waals surface area contributed by atoms with Gasteiger partial charge in [-0.3, -0.25) is 4.79 Å². The molecule has 0 saturated carbocycles. The topological polar surface area (TPSA) is 118 Å². The number of aliphatic hydroxyl groups is 1. The Morgan fingerprint density at radius 2 is 1.94 bits per heavy atom. The number of benzene rings is 2. The van der Waals surface area contributed by atoms with Crippen molar-refractivity contribution in [1.82, 2.24) is 0 Å². The van der Waals surface area contributed by atoms with E-state index in [1.807, 2.05) is 6.07 Å². The first kappa shape index (κ1) is 23.6. The molecular formula is C24H20N2O6S. The number of hydrogen-bond donors (Lipinski definition) is 1. The standard InChI is InChI=1S/C24H20N2O6S/c1-3-31-24(29)20-21(27)19(33-23(20)26-22(28)16-7-5-4-6-8-16)14-15-9-10-17(32-12-11-25)18(13-15)30-2/h4-10,13-14,27H,3,12H2,1-2H3/b19-14-,26-23?. The van der Waals surface area contributed by atoms with Crippen LogP contribution in [0, 0.1) is 11.3 Å². The maximum Gasteiger partial charge on any atom is 0.344 e. The molecule has 168 valence electrons. The molecule has 1 N–H and O–H groups in total. The van der Waals surface area contributed by atoms with Crippen molar-refractivity contribution in [1.29, 1.82) is 5.26 Å². The van der Waals surface area contributed by atoms with Gasteiger partial charge in [0.2, 0.25) is 0 Å². The minimum atomic E-state index is -0.775. The number of ether oxygens (including phenoxy) is 3. The molecule has 33 heavy (non-hydrogen) atoms. The van der Waals surface area contributed by atoms with E-state index in [-0.39, 0.29) is 29.6 Å². The van der Waals surface area contributed by atoms with Gasteiger partial charge in [-0.25, -0.2) is 9.79 Å². The third kappa shape index (κ3) is 5.61. The predicted octanol–water partition coefficient (Wildman–Crippen LogP) is 4.30. The predicted molar refractivity (Wildman–Crippen MR) is 124 cm³/mol. The lowest BCUT2D eigenvalue weighted by molar-refractivity contribution is -0.138. The van der Waals surface area contributed by atoms with Gasteiger partial charge in [-0.2, -0.15) is 5.26 Å². The number of aliphatic hydroxyl groups excluding tert-OH is 1. The molecule has 9 heteroatoms. The van der Waals surface area contributed by atoms with Crippen LogP contribution >= 0.6 is 11.8 Å². The first-order valence-electron chi connectivity index (χ1n) is 9.85. The number of thioether (sulfide) groups is 1. The highest BCUT2D eigenvalue weighted by Crippen LogP contribution is 2.40. The molecule has 0 atom stereocenters. The molecule has 0 bridgehead atoms. The molecule has 2 aromatic carbocycles. The van der Waals surface area contributed by atoms with E-state index >= 15 is 0 Å². The molecule has 1 aliphatic heterocycles. The van der Waals surface area contributed by atoms with Crippen molar-refractivity contribution in [2.75, 3.05) is 20.3 Å².